The third kappa shape index (κ3) is 3.88. The maximum atomic E-state index is 12.7. The van der Waals surface area contributed by atoms with Gasteiger partial charge in [-0.2, -0.15) is 0 Å². The summed E-state index contributed by atoms with van der Waals surface area (Å²) in [6, 6.07) is 21.1. The molecule has 0 spiro atoms. The highest BCUT2D eigenvalue weighted by Crippen LogP contribution is 2.29. The number of hydrogen-bond acceptors (Lipinski definition) is 6. The van der Waals surface area contributed by atoms with Gasteiger partial charge in [0.1, 0.15) is 5.01 Å². The summed E-state index contributed by atoms with van der Waals surface area (Å²) in [4.78, 5) is 18.4. The highest BCUT2D eigenvalue weighted by molar-refractivity contribution is 7.92. The molecule has 7 nitrogen and oxygen atoms in total. The first kappa shape index (κ1) is 19.3. The summed E-state index contributed by atoms with van der Waals surface area (Å²) < 4.78 is 32.9. The second kappa shape index (κ2) is 7.53. The van der Waals surface area contributed by atoms with Crippen molar-refractivity contribution in [3.63, 3.8) is 0 Å². The fourth-order valence-electron chi connectivity index (χ4n) is 3.14. The van der Waals surface area contributed by atoms with Crippen LogP contribution in [0, 0.1) is 0 Å². The maximum absolute atomic E-state index is 12.7. The second-order valence-electron chi connectivity index (χ2n) is 6.76. The molecule has 0 saturated carbocycles. The lowest BCUT2D eigenvalue weighted by molar-refractivity contribution is 0.554. The number of H-pyrrole nitrogens is 1. The van der Waals surface area contributed by atoms with Crippen molar-refractivity contribution < 1.29 is 12.8 Å². The van der Waals surface area contributed by atoms with E-state index in [1.807, 2.05) is 47.8 Å². The molecule has 0 aliphatic carbocycles. The molecule has 0 fully saturated rings. The van der Waals surface area contributed by atoms with E-state index in [2.05, 4.69) is 14.7 Å². The van der Waals surface area contributed by atoms with Crippen molar-refractivity contribution in [1.82, 2.24) is 9.97 Å². The first-order chi connectivity index (χ1) is 15.0. The van der Waals surface area contributed by atoms with Crippen LogP contribution in [0.5, 0.6) is 0 Å². The Balaban J connectivity index is 1.37. The van der Waals surface area contributed by atoms with Crippen LogP contribution in [0.3, 0.4) is 0 Å². The minimum atomic E-state index is -3.84. The lowest BCUT2D eigenvalue weighted by Gasteiger charge is -2.08. The molecular weight excluding hydrogens is 434 g/mol. The number of thiazole rings is 1. The van der Waals surface area contributed by atoms with E-state index in [0.717, 1.165) is 21.8 Å². The summed E-state index contributed by atoms with van der Waals surface area (Å²) in [6.07, 6.45) is 0. The molecule has 5 rings (SSSR count). The lowest BCUT2D eigenvalue weighted by Crippen LogP contribution is -2.12. The Morgan fingerprint density at radius 2 is 1.71 bits per heavy atom. The largest absolute Gasteiger partial charge is 0.417 e. The van der Waals surface area contributed by atoms with Gasteiger partial charge in [0.05, 0.1) is 16.1 Å². The SMILES string of the molecule is O=c1[nH]c2ccc(S(=O)(=O)Nc3ccc(-c4csc(-c5ccccc5)n4)cc3)cc2o1. The molecule has 0 atom stereocenters. The van der Waals surface area contributed by atoms with Crippen LogP contribution in [0.15, 0.2) is 92.3 Å². The van der Waals surface area contributed by atoms with Crippen LogP contribution in [0.2, 0.25) is 0 Å². The summed E-state index contributed by atoms with van der Waals surface area (Å²) in [6.45, 7) is 0. The van der Waals surface area contributed by atoms with Crippen LogP contribution >= 0.6 is 11.3 Å². The fourth-order valence-corrected chi connectivity index (χ4v) is 5.04. The fraction of sp³-hybridized carbons (Fsp3) is 0. The minimum Gasteiger partial charge on any atom is -0.408 e. The highest BCUT2D eigenvalue weighted by Gasteiger charge is 2.16. The first-order valence-corrected chi connectivity index (χ1v) is 11.6. The monoisotopic (exact) mass is 449 g/mol. The summed E-state index contributed by atoms with van der Waals surface area (Å²) >= 11 is 1.56. The summed E-state index contributed by atoms with van der Waals surface area (Å²) in [5, 5.41) is 2.90. The van der Waals surface area contributed by atoms with E-state index in [9.17, 15) is 13.2 Å². The zero-order valence-corrected chi connectivity index (χ0v) is 17.5. The Bertz CT molecular complexity index is 1530. The molecule has 2 aromatic heterocycles. The smallest absolute Gasteiger partial charge is 0.408 e. The quantitative estimate of drug-likeness (QED) is 0.404. The standard InChI is InChI=1S/C22H15N3O4S2/c26-22-24-18-11-10-17(12-20(18)29-22)31(27,28)25-16-8-6-14(7-9-16)19-13-30-21(23-19)15-4-2-1-3-5-15/h1-13,25H,(H,24,26). The van der Waals surface area contributed by atoms with Gasteiger partial charge >= 0.3 is 5.76 Å². The maximum Gasteiger partial charge on any atom is 0.417 e. The van der Waals surface area contributed by atoms with Crippen LogP contribution in [-0.4, -0.2) is 18.4 Å². The van der Waals surface area contributed by atoms with Gasteiger partial charge in [0.2, 0.25) is 0 Å². The van der Waals surface area contributed by atoms with Crippen molar-refractivity contribution in [3.05, 3.63) is 88.7 Å². The lowest BCUT2D eigenvalue weighted by atomic mass is 10.1. The number of anilines is 1. The minimum absolute atomic E-state index is 0.00108. The molecule has 3 aromatic carbocycles. The van der Waals surface area contributed by atoms with Crippen LogP contribution in [0.1, 0.15) is 0 Å². The van der Waals surface area contributed by atoms with Crippen molar-refractivity contribution in [2.75, 3.05) is 4.72 Å². The summed E-state index contributed by atoms with van der Waals surface area (Å²) in [7, 11) is -3.84. The van der Waals surface area contributed by atoms with Gasteiger partial charge in [-0.05, 0) is 24.3 Å². The Morgan fingerprint density at radius 1 is 0.935 bits per heavy atom. The van der Waals surface area contributed by atoms with Gasteiger partial charge in [-0.25, -0.2) is 18.2 Å². The Hall–Kier alpha value is -3.69. The average molecular weight is 450 g/mol. The molecule has 9 heteroatoms. The van der Waals surface area contributed by atoms with Crippen LogP contribution in [0.4, 0.5) is 5.69 Å². The molecule has 0 aliphatic rings. The summed E-state index contributed by atoms with van der Waals surface area (Å²) in [5.41, 5.74) is 3.80. The van der Waals surface area contributed by atoms with Gasteiger partial charge in [0, 0.05) is 28.3 Å². The molecule has 0 aliphatic heterocycles. The van der Waals surface area contributed by atoms with Crippen molar-refractivity contribution in [3.8, 4) is 21.8 Å². The second-order valence-corrected chi connectivity index (χ2v) is 9.30. The number of aromatic amines is 1. The van der Waals surface area contributed by atoms with E-state index in [0.29, 0.717) is 11.2 Å². The zero-order chi connectivity index (χ0) is 21.4. The number of hydrogen-bond donors (Lipinski definition) is 2. The Kier molecular flexibility index (Phi) is 4.68. The number of oxazole rings is 1. The van der Waals surface area contributed by atoms with E-state index in [-0.39, 0.29) is 10.5 Å². The molecule has 31 heavy (non-hydrogen) atoms. The molecule has 0 bridgehead atoms. The van der Waals surface area contributed by atoms with Gasteiger partial charge in [-0.3, -0.25) is 9.71 Å². The Labute approximate surface area is 181 Å². The van der Waals surface area contributed by atoms with Crippen molar-refractivity contribution in [1.29, 1.82) is 0 Å². The van der Waals surface area contributed by atoms with Crippen molar-refractivity contribution in [2.45, 2.75) is 4.90 Å². The zero-order valence-electron chi connectivity index (χ0n) is 15.9. The number of aromatic nitrogens is 2. The third-order valence-electron chi connectivity index (χ3n) is 4.66. The Morgan fingerprint density at radius 3 is 2.48 bits per heavy atom. The molecule has 0 amide bonds. The number of sulfonamides is 1. The topological polar surface area (TPSA) is 105 Å². The van der Waals surface area contributed by atoms with E-state index in [1.165, 1.54) is 18.2 Å². The molecule has 2 heterocycles. The summed E-state index contributed by atoms with van der Waals surface area (Å²) in [5.74, 6) is -0.634. The molecule has 5 aromatic rings. The number of nitrogens with zero attached hydrogens (tertiary/aromatic N) is 1. The molecule has 0 radical (unpaired) electrons. The molecule has 154 valence electrons. The third-order valence-corrected chi connectivity index (χ3v) is 6.93. The van der Waals surface area contributed by atoms with E-state index in [1.54, 1.807) is 23.5 Å². The normalized spacial score (nSPS) is 11.6. The van der Waals surface area contributed by atoms with E-state index in [4.69, 9.17) is 4.42 Å². The average Bonchev–Trinajstić information content (AvgIpc) is 3.40. The first-order valence-electron chi connectivity index (χ1n) is 9.25. The van der Waals surface area contributed by atoms with Crippen LogP contribution < -0.4 is 10.5 Å². The molecule has 0 unspecified atom stereocenters. The molecular formula is C22H15N3O4S2. The van der Waals surface area contributed by atoms with Gasteiger partial charge in [0.15, 0.2) is 5.58 Å². The number of nitrogens with one attached hydrogen (secondary N) is 2. The van der Waals surface area contributed by atoms with Gasteiger partial charge in [0.25, 0.3) is 10.0 Å². The van der Waals surface area contributed by atoms with E-state index >= 15 is 0 Å². The van der Waals surface area contributed by atoms with Crippen molar-refractivity contribution >= 4 is 38.1 Å². The van der Waals surface area contributed by atoms with Gasteiger partial charge in [-0.15, -0.1) is 11.3 Å². The predicted octanol–water partition coefficient (Wildman–Crippen LogP) is 4.71. The van der Waals surface area contributed by atoms with Crippen LogP contribution in [0.25, 0.3) is 32.9 Å². The van der Waals surface area contributed by atoms with Gasteiger partial charge < -0.3 is 4.42 Å². The van der Waals surface area contributed by atoms with Gasteiger partial charge in [-0.1, -0.05) is 42.5 Å². The predicted molar refractivity (Wildman–Crippen MR) is 121 cm³/mol. The van der Waals surface area contributed by atoms with E-state index < -0.39 is 15.8 Å². The number of benzene rings is 3. The molecule has 2 N–H and O–H groups in total. The van der Waals surface area contributed by atoms with Crippen molar-refractivity contribution in [2.24, 2.45) is 0 Å². The molecule has 0 saturated heterocycles. The number of rotatable bonds is 5. The van der Waals surface area contributed by atoms with Crippen LogP contribution in [-0.2, 0) is 10.0 Å². The number of fused-ring (bicyclic) bond motifs is 1. The highest BCUT2D eigenvalue weighted by atomic mass is 32.2.